The zero-order valence-corrected chi connectivity index (χ0v) is 13.7. The molecule has 1 unspecified atom stereocenters. The second-order valence-electron chi connectivity index (χ2n) is 5.81. The number of rotatable bonds is 3. The minimum Gasteiger partial charge on any atom is -0.496 e. The van der Waals surface area contributed by atoms with Crippen molar-refractivity contribution in [3.63, 3.8) is 0 Å². The van der Waals surface area contributed by atoms with Crippen LogP contribution in [0.2, 0.25) is 0 Å². The van der Waals surface area contributed by atoms with Crippen LogP contribution in [-0.2, 0) is 0 Å². The van der Waals surface area contributed by atoms with Crippen molar-refractivity contribution in [2.75, 3.05) is 7.11 Å². The Morgan fingerprint density at radius 1 is 1.36 bits per heavy atom. The van der Waals surface area contributed by atoms with Crippen LogP contribution in [0.5, 0.6) is 5.75 Å². The Kier molecular flexibility index (Phi) is 3.41. The van der Waals surface area contributed by atoms with Gasteiger partial charge in [0.15, 0.2) is 5.65 Å². The summed E-state index contributed by atoms with van der Waals surface area (Å²) in [5.41, 5.74) is 4.07. The number of nitrogens with one attached hydrogen (secondary N) is 2. The van der Waals surface area contributed by atoms with Crippen molar-refractivity contribution in [1.82, 2.24) is 19.9 Å². The van der Waals surface area contributed by atoms with E-state index in [0.717, 1.165) is 16.5 Å². The Hall–Kier alpha value is -3.37. The third-order valence-corrected chi connectivity index (χ3v) is 4.28. The lowest BCUT2D eigenvalue weighted by molar-refractivity contribution is 0.208. The predicted octanol–water partition coefficient (Wildman–Crippen LogP) is 2.71. The van der Waals surface area contributed by atoms with E-state index >= 15 is 0 Å². The lowest BCUT2D eigenvalue weighted by Gasteiger charge is -2.15. The summed E-state index contributed by atoms with van der Waals surface area (Å²) in [5, 5.41) is 20.8. The average Bonchev–Trinajstić information content (AvgIpc) is 3.27. The summed E-state index contributed by atoms with van der Waals surface area (Å²) in [6, 6.07) is 7.48. The number of aromatic amines is 2. The van der Waals surface area contributed by atoms with E-state index in [1.807, 2.05) is 31.3 Å². The SMILES string of the molecule is COc1cc(C)c2[nH]ccc2c1C(O)c1nc2ncc(C#N)cc2[nH]1. The van der Waals surface area contributed by atoms with E-state index in [2.05, 4.69) is 19.9 Å². The first-order valence-corrected chi connectivity index (χ1v) is 7.70. The molecule has 0 amide bonds. The molecule has 3 aromatic heterocycles. The van der Waals surface area contributed by atoms with Crippen molar-refractivity contribution in [3.8, 4) is 11.8 Å². The van der Waals surface area contributed by atoms with Crippen LogP contribution in [0.25, 0.3) is 22.1 Å². The van der Waals surface area contributed by atoms with Gasteiger partial charge < -0.3 is 19.8 Å². The summed E-state index contributed by atoms with van der Waals surface area (Å²) in [4.78, 5) is 14.7. The van der Waals surface area contributed by atoms with Gasteiger partial charge in [-0.15, -0.1) is 0 Å². The summed E-state index contributed by atoms with van der Waals surface area (Å²) in [6.45, 7) is 1.98. The van der Waals surface area contributed by atoms with Gasteiger partial charge in [0.1, 0.15) is 23.7 Å². The number of imidazole rings is 1. The molecule has 4 aromatic rings. The molecule has 1 atom stereocenters. The van der Waals surface area contributed by atoms with Crippen LogP contribution in [0.1, 0.15) is 28.6 Å². The number of methoxy groups -OCH3 is 1. The Bertz CT molecular complexity index is 1140. The summed E-state index contributed by atoms with van der Waals surface area (Å²) < 4.78 is 5.48. The van der Waals surface area contributed by atoms with Gasteiger partial charge in [-0.1, -0.05) is 0 Å². The minimum absolute atomic E-state index is 0.349. The summed E-state index contributed by atoms with van der Waals surface area (Å²) >= 11 is 0. The van der Waals surface area contributed by atoms with Crippen molar-refractivity contribution in [1.29, 1.82) is 5.26 Å². The number of pyridine rings is 1. The molecule has 0 fully saturated rings. The molecule has 124 valence electrons. The predicted molar refractivity (Wildman–Crippen MR) is 92.3 cm³/mol. The van der Waals surface area contributed by atoms with Crippen LogP contribution < -0.4 is 4.74 Å². The number of fused-ring (bicyclic) bond motifs is 2. The first-order chi connectivity index (χ1) is 12.1. The van der Waals surface area contributed by atoms with Crippen molar-refractivity contribution in [2.24, 2.45) is 0 Å². The van der Waals surface area contributed by atoms with Crippen molar-refractivity contribution in [3.05, 3.63) is 53.1 Å². The fraction of sp³-hybridized carbons (Fsp3) is 0.167. The van der Waals surface area contributed by atoms with E-state index < -0.39 is 6.10 Å². The van der Waals surface area contributed by atoms with Gasteiger partial charge in [-0.05, 0) is 30.7 Å². The fourth-order valence-corrected chi connectivity index (χ4v) is 3.10. The van der Waals surface area contributed by atoms with Gasteiger partial charge in [0.2, 0.25) is 0 Å². The van der Waals surface area contributed by atoms with Crippen LogP contribution in [-0.4, -0.2) is 32.2 Å². The lowest BCUT2D eigenvalue weighted by Crippen LogP contribution is -2.05. The number of benzene rings is 1. The molecule has 0 aliphatic rings. The standard InChI is InChI=1S/C18H15N5O2/c1-9-5-13(25-2)14(11-3-4-20-15(9)11)16(24)18-22-12-6-10(7-19)8-21-17(12)23-18/h3-6,8,16,20,24H,1-2H3,(H,21,22,23). The number of nitrogens with zero attached hydrogens (tertiary/aromatic N) is 3. The van der Waals surface area contributed by atoms with E-state index in [1.165, 1.54) is 6.20 Å². The summed E-state index contributed by atoms with van der Waals surface area (Å²) in [5.74, 6) is 0.936. The molecule has 0 radical (unpaired) electrons. The van der Waals surface area contributed by atoms with Crippen molar-refractivity contribution in [2.45, 2.75) is 13.0 Å². The van der Waals surface area contributed by atoms with E-state index in [0.29, 0.717) is 33.9 Å². The normalized spacial score (nSPS) is 12.4. The highest BCUT2D eigenvalue weighted by molar-refractivity contribution is 5.89. The van der Waals surface area contributed by atoms with Crippen LogP contribution in [0.4, 0.5) is 0 Å². The number of H-pyrrole nitrogens is 2. The van der Waals surface area contributed by atoms with E-state index in [9.17, 15) is 5.11 Å². The van der Waals surface area contributed by atoms with Crippen LogP contribution in [0.3, 0.4) is 0 Å². The third kappa shape index (κ3) is 2.31. The Morgan fingerprint density at radius 2 is 2.20 bits per heavy atom. The number of aromatic nitrogens is 4. The van der Waals surface area contributed by atoms with Gasteiger partial charge in [0, 0.05) is 28.9 Å². The van der Waals surface area contributed by atoms with Crippen molar-refractivity contribution < 1.29 is 9.84 Å². The molecule has 4 rings (SSSR count). The molecule has 7 nitrogen and oxygen atoms in total. The molecule has 0 aliphatic heterocycles. The maximum absolute atomic E-state index is 11.0. The molecule has 0 saturated carbocycles. The van der Waals surface area contributed by atoms with Gasteiger partial charge in [0.05, 0.1) is 18.2 Å². The molecule has 0 aliphatic carbocycles. The molecule has 0 saturated heterocycles. The minimum atomic E-state index is -1.02. The Morgan fingerprint density at radius 3 is 2.96 bits per heavy atom. The van der Waals surface area contributed by atoms with E-state index in [4.69, 9.17) is 10.00 Å². The Labute approximate surface area is 142 Å². The molecule has 0 bridgehead atoms. The Balaban J connectivity index is 1.90. The highest BCUT2D eigenvalue weighted by Gasteiger charge is 2.23. The quantitative estimate of drug-likeness (QED) is 0.534. The zero-order chi connectivity index (χ0) is 17.6. The number of hydrogen-bond donors (Lipinski definition) is 3. The van der Waals surface area contributed by atoms with E-state index in [1.54, 1.807) is 13.2 Å². The van der Waals surface area contributed by atoms with Gasteiger partial charge in [-0.2, -0.15) is 5.26 Å². The van der Waals surface area contributed by atoms with Crippen molar-refractivity contribution >= 4 is 22.1 Å². The largest absolute Gasteiger partial charge is 0.496 e. The molecule has 0 spiro atoms. The van der Waals surface area contributed by atoms with Gasteiger partial charge in [0.25, 0.3) is 0 Å². The monoisotopic (exact) mass is 333 g/mol. The number of aliphatic hydroxyl groups excluding tert-OH is 1. The first-order valence-electron chi connectivity index (χ1n) is 7.70. The number of ether oxygens (including phenoxy) is 1. The molecular formula is C18H15N5O2. The average molecular weight is 333 g/mol. The third-order valence-electron chi connectivity index (χ3n) is 4.28. The highest BCUT2D eigenvalue weighted by atomic mass is 16.5. The fourth-order valence-electron chi connectivity index (χ4n) is 3.10. The molecule has 3 N–H and O–H groups in total. The van der Waals surface area contributed by atoms with Gasteiger partial charge in [-0.3, -0.25) is 0 Å². The van der Waals surface area contributed by atoms with E-state index in [-0.39, 0.29) is 0 Å². The van der Waals surface area contributed by atoms with Gasteiger partial charge >= 0.3 is 0 Å². The lowest BCUT2D eigenvalue weighted by atomic mass is 10.00. The summed E-state index contributed by atoms with van der Waals surface area (Å²) in [6.07, 6.45) is 2.26. The zero-order valence-electron chi connectivity index (χ0n) is 13.7. The maximum Gasteiger partial charge on any atom is 0.177 e. The number of aliphatic hydroxyl groups is 1. The molecule has 25 heavy (non-hydrogen) atoms. The van der Waals surface area contributed by atoms with Crippen LogP contribution in [0.15, 0.2) is 30.6 Å². The number of aryl methyl sites for hydroxylation is 1. The highest BCUT2D eigenvalue weighted by Crippen LogP contribution is 2.37. The van der Waals surface area contributed by atoms with Gasteiger partial charge in [-0.25, -0.2) is 9.97 Å². The number of hydrogen-bond acceptors (Lipinski definition) is 5. The molecule has 3 heterocycles. The summed E-state index contributed by atoms with van der Waals surface area (Å²) in [7, 11) is 1.57. The number of nitriles is 1. The maximum atomic E-state index is 11.0. The smallest absolute Gasteiger partial charge is 0.177 e. The second-order valence-corrected chi connectivity index (χ2v) is 5.81. The molecule has 1 aromatic carbocycles. The molecule has 7 heteroatoms. The second kappa shape index (κ2) is 5.61. The first kappa shape index (κ1) is 15.2. The van der Waals surface area contributed by atoms with Crippen LogP contribution >= 0.6 is 0 Å². The van der Waals surface area contributed by atoms with Crippen LogP contribution in [0, 0.1) is 18.3 Å². The molecular weight excluding hydrogens is 318 g/mol. The topological polar surface area (TPSA) is 111 Å².